The maximum absolute atomic E-state index is 5.01. The fourth-order valence-electron chi connectivity index (χ4n) is 1.85. The molecular weight excluding hydrogens is 260 g/mol. The van der Waals surface area contributed by atoms with E-state index in [1.54, 1.807) is 7.11 Å². The van der Waals surface area contributed by atoms with Crippen molar-refractivity contribution in [1.29, 1.82) is 0 Å². The van der Waals surface area contributed by atoms with Gasteiger partial charge in [0.15, 0.2) is 0 Å². The van der Waals surface area contributed by atoms with Crippen LogP contribution in [-0.2, 0) is 11.2 Å². The van der Waals surface area contributed by atoms with Crippen LogP contribution >= 0.6 is 11.5 Å². The summed E-state index contributed by atoms with van der Waals surface area (Å²) in [7, 11) is 1.68. The van der Waals surface area contributed by atoms with Crippen molar-refractivity contribution in [2.45, 2.75) is 6.42 Å². The monoisotopic (exact) mass is 274 g/mol. The first kappa shape index (κ1) is 12.1. The molecule has 98 valence electrons. The number of nitrogens with zero attached hydrogens (tertiary/aromatic N) is 2. The first-order valence-corrected chi connectivity index (χ1v) is 6.78. The molecule has 0 saturated carbocycles. The zero-order valence-electron chi connectivity index (χ0n) is 10.5. The van der Waals surface area contributed by atoms with Gasteiger partial charge in [-0.25, -0.2) is 4.98 Å². The highest BCUT2D eigenvalue weighted by molar-refractivity contribution is 7.09. The van der Waals surface area contributed by atoms with E-state index in [0.717, 1.165) is 28.6 Å². The molecule has 0 aliphatic heterocycles. The molecule has 0 radical (unpaired) electrons. The largest absolute Gasteiger partial charge is 0.384 e. The van der Waals surface area contributed by atoms with Crippen molar-refractivity contribution >= 4 is 33.3 Å². The Morgan fingerprint density at radius 1 is 1.37 bits per heavy atom. The van der Waals surface area contributed by atoms with Gasteiger partial charge in [-0.15, -0.1) is 0 Å². The normalized spacial score (nSPS) is 11.0. The molecule has 0 amide bonds. The second-order valence-corrected chi connectivity index (χ2v) is 4.92. The van der Waals surface area contributed by atoms with Gasteiger partial charge in [0, 0.05) is 47.9 Å². The number of methoxy groups -OCH3 is 1. The van der Waals surface area contributed by atoms with Gasteiger partial charge >= 0.3 is 0 Å². The fraction of sp³-hybridized carbons (Fsp3) is 0.231. The topological polar surface area (TPSA) is 62.8 Å². The number of ether oxygens (including phenoxy) is 1. The first-order valence-electron chi connectivity index (χ1n) is 6.01. The van der Waals surface area contributed by atoms with Crippen LogP contribution in [0, 0.1) is 0 Å². The molecular formula is C13H14N4OS. The van der Waals surface area contributed by atoms with Gasteiger partial charge in [-0.3, -0.25) is 0 Å². The predicted molar refractivity (Wildman–Crippen MR) is 77.1 cm³/mol. The molecule has 19 heavy (non-hydrogen) atoms. The number of nitrogens with one attached hydrogen (secondary N) is 2. The number of hydrogen-bond acceptors (Lipinski definition) is 5. The van der Waals surface area contributed by atoms with E-state index >= 15 is 0 Å². The van der Waals surface area contributed by atoms with Gasteiger partial charge in [0.1, 0.15) is 5.82 Å². The van der Waals surface area contributed by atoms with Crippen molar-refractivity contribution in [3.05, 3.63) is 36.3 Å². The molecule has 3 rings (SSSR count). The third kappa shape index (κ3) is 2.74. The highest BCUT2D eigenvalue weighted by atomic mass is 32.1. The van der Waals surface area contributed by atoms with Crippen molar-refractivity contribution in [1.82, 2.24) is 14.3 Å². The molecule has 0 unspecified atom stereocenters. The zero-order chi connectivity index (χ0) is 13.1. The molecule has 0 atom stereocenters. The summed E-state index contributed by atoms with van der Waals surface area (Å²) in [6.07, 6.45) is 2.67. The minimum absolute atomic E-state index is 0.644. The van der Waals surface area contributed by atoms with E-state index in [1.807, 2.05) is 24.4 Å². The summed E-state index contributed by atoms with van der Waals surface area (Å²) in [5.41, 5.74) is 2.14. The minimum Gasteiger partial charge on any atom is -0.384 e. The van der Waals surface area contributed by atoms with Gasteiger partial charge in [-0.2, -0.15) is 4.37 Å². The average Bonchev–Trinajstić information content (AvgIpc) is 3.05. The summed E-state index contributed by atoms with van der Waals surface area (Å²) in [4.78, 5) is 7.59. The summed E-state index contributed by atoms with van der Waals surface area (Å²) >= 11 is 1.37. The predicted octanol–water partition coefficient (Wildman–Crippen LogP) is 2.95. The Labute approximate surface area is 114 Å². The van der Waals surface area contributed by atoms with E-state index in [-0.39, 0.29) is 0 Å². The maximum atomic E-state index is 5.01. The smallest absolute Gasteiger partial charge is 0.207 e. The SMILES string of the molecule is COCCc1nsc(Nc2ccc3[nH]ccc3c2)n1. The molecule has 0 aliphatic rings. The second-order valence-electron chi connectivity index (χ2n) is 4.16. The molecule has 2 N–H and O–H groups in total. The summed E-state index contributed by atoms with van der Waals surface area (Å²) in [6, 6.07) is 8.20. The number of anilines is 2. The number of H-pyrrole nitrogens is 1. The quantitative estimate of drug-likeness (QED) is 0.751. The molecule has 0 fully saturated rings. The van der Waals surface area contributed by atoms with Crippen LogP contribution in [0.2, 0.25) is 0 Å². The van der Waals surface area contributed by atoms with Crippen molar-refractivity contribution < 1.29 is 4.74 Å². The fourth-order valence-corrected chi connectivity index (χ4v) is 2.49. The van der Waals surface area contributed by atoms with Crippen LogP contribution in [0.5, 0.6) is 0 Å². The molecule has 6 heteroatoms. The van der Waals surface area contributed by atoms with Crippen LogP contribution in [0.3, 0.4) is 0 Å². The number of hydrogen-bond donors (Lipinski definition) is 2. The van der Waals surface area contributed by atoms with Gasteiger partial charge in [0.2, 0.25) is 5.13 Å². The second kappa shape index (κ2) is 5.38. The third-order valence-electron chi connectivity index (χ3n) is 2.80. The average molecular weight is 274 g/mol. The molecule has 2 aromatic heterocycles. The summed E-state index contributed by atoms with van der Waals surface area (Å²) < 4.78 is 9.30. The lowest BCUT2D eigenvalue weighted by Gasteiger charge is -2.01. The van der Waals surface area contributed by atoms with E-state index in [4.69, 9.17) is 4.74 Å². The molecule has 0 aliphatic carbocycles. The Morgan fingerprint density at radius 2 is 2.32 bits per heavy atom. The van der Waals surface area contributed by atoms with Crippen LogP contribution in [0.25, 0.3) is 10.9 Å². The maximum Gasteiger partial charge on any atom is 0.207 e. The van der Waals surface area contributed by atoms with E-state index in [1.165, 1.54) is 16.9 Å². The molecule has 2 heterocycles. The molecule has 0 bridgehead atoms. The molecule has 0 saturated heterocycles. The van der Waals surface area contributed by atoms with Gasteiger partial charge < -0.3 is 15.0 Å². The summed E-state index contributed by atoms with van der Waals surface area (Å²) in [5.74, 6) is 0.817. The van der Waals surface area contributed by atoms with Crippen LogP contribution in [0.1, 0.15) is 5.82 Å². The Hall–Kier alpha value is -1.92. The van der Waals surface area contributed by atoms with Crippen LogP contribution in [-0.4, -0.2) is 28.1 Å². The van der Waals surface area contributed by atoms with Crippen molar-refractivity contribution in [3.8, 4) is 0 Å². The first-order chi connectivity index (χ1) is 9.35. The van der Waals surface area contributed by atoms with Crippen LogP contribution < -0.4 is 5.32 Å². The van der Waals surface area contributed by atoms with Crippen LogP contribution in [0.15, 0.2) is 30.5 Å². The summed E-state index contributed by atoms with van der Waals surface area (Å²) in [5, 5.41) is 5.25. The number of benzene rings is 1. The highest BCUT2D eigenvalue weighted by Gasteiger charge is 2.04. The number of fused-ring (bicyclic) bond motifs is 1. The standard InChI is InChI=1S/C13H14N4OS/c1-18-7-5-12-16-13(19-17-12)15-10-2-3-11-9(8-10)4-6-14-11/h2-4,6,8,14H,5,7H2,1H3,(H,15,16,17). The minimum atomic E-state index is 0.644. The lowest BCUT2D eigenvalue weighted by Crippen LogP contribution is -1.96. The van der Waals surface area contributed by atoms with Gasteiger partial charge in [0.05, 0.1) is 6.61 Å². The highest BCUT2D eigenvalue weighted by Crippen LogP contribution is 2.22. The molecule has 0 spiro atoms. The molecule has 1 aromatic carbocycles. The summed E-state index contributed by atoms with van der Waals surface area (Å²) in [6.45, 7) is 0.644. The Balaban J connectivity index is 1.74. The third-order valence-corrected chi connectivity index (χ3v) is 3.47. The van der Waals surface area contributed by atoms with E-state index in [9.17, 15) is 0 Å². The number of aromatic nitrogens is 3. The van der Waals surface area contributed by atoms with Crippen molar-refractivity contribution in [3.63, 3.8) is 0 Å². The van der Waals surface area contributed by atoms with Gasteiger partial charge in [0.25, 0.3) is 0 Å². The van der Waals surface area contributed by atoms with E-state index in [2.05, 4.69) is 25.7 Å². The Morgan fingerprint density at radius 3 is 3.21 bits per heavy atom. The lowest BCUT2D eigenvalue weighted by molar-refractivity contribution is 0.201. The van der Waals surface area contributed by atoms with Crippen LogP contribution in [0.4, 0.5) is 10.8 Å². The van der Waals surface area contributed by atoms with E-state index < -0.39 is 0 Å². The van der Waals surface area contributed by atoms with Gasteiger partial charge in [-0.05, 0) is 24.3 Å². The zero-order valence-corrected chi connectivity index (χ0v) is 11.3. The van der Waals surface area contributed by atoms with Crippen molar-refractivity contribution in [2.24, 2.45) is 0 Å². The molecule has 5 nitrogen and oxygen atoms in total. The molecule has 3 aromatic rings. The van der Waals surface area contributed by atoms with E-state index in [0.29, 0.717) is 6.61 Å². The lowest BCUT2D eigenvalue weighted by atomic mass is 10.2. The van der Waals surface area contributed by atoms with Crippen molar-refractivity contribution in [2.75, 3.05) is 19.0 Å². The Kier molecular flexibility index (Phi) is 3.43. The van der Waals surface area contributed by atoms with Gasteiger partial charge in [-0.1, -0.05) is 0 Å². The Bertz CT molecular complexity index is 676. The number of rotatable bonds is 5. The number of aromatic amines is 1.